The number of carbonyl (C=O) groups is 1. The zero-order valence-electron chi connectivity index (χ0n) is 16.0. The van der Waals surface area contributed by atoms with Crippen LogP contribution in [0.15, 0.2) is 30.3 Å². The summed E-state index contributed by atoms with van der Waals surface area (Å²) in [6.45, 7) is 6.94. The predicted octanol–water partition coefficient (Wildman–Crippen LogP) is 3.54. The number of benzene rings is 1. The third-order valence-corrected chi connectivity index (χ3v) is 4.78. The Hall–Kier alpha value is -2.20. The second kappa shape index (κ2) is 8.00. The maximum Gasteiger partial charge on any atom is 0.224 e. The summed E-state index contributed by atoms with van der Waals surface area (Å²) in [7, 11) is 0. The molecule has 2 aromatic rings. The van der Waals surface area contributed by atoms with E-state index in [1.165, 1.54) is 0 Å². The molecule has 3 rings (SSSR count). The van der Waals surface area contributed by atoms with Gasteiger partial charge in [-0.05, 0) is 60.4 Å². The van der Waals surface area contributed by atoms with Crippen LogP contribution in [0.3, 0.4) is 0 Å². The minimum Gasteiger partial charge on any atom is -0.353 e. The van der Waals surface area contributed by atoms with Gasteiger partial charge in [0.1, 0.15) is 0 Å². The lowest BCUT2D eigenvalue weighted by Gasteiger charge is -2.16. The SMILES string of the molecule is Cc1nc(CC(C)C)cc(-c2ccc(CN)cc2)c1CC(=O)NC1CC1. The first kappa shape index (κ1) is 18.6. The second-order valence-electron chi connectivity index (χ2n) is 7.74. The fraction of sp³-hybridized carbons (Fsp3) is 0.455. The van der Waals surface area contributed by atoms with Crippen molar-refractivity contribution in [3.05, 3.63) is 52.8 Å². The smallest absolute Gasteiger partial charge is 0.224 e. The summed E-state index contributed by atoms with van der Waals surface area (Å²) in [5.41, 5.74) is 12.1. The topological polar surface area (TPSA) is 68.0 Å². The fourth-order valence-electron chi connectivity index (χ4n) is 3.25. The van der Waals surface area contributed by atoms with Crippen LogP contribution in [0, 0.1) is 12.8 Å². The summed E-state index contributed by atoms with van der Waals surface area (Å²) in [6.07, 6.45) is 3.52. The van der Waals surface area contributed by atoms with Gasteiger partial charge in [0, 0.05) is 24.0 Å². The molecule has 26 heavy (non-hydrogen) atoms. The van der Waals surface area contributed by atoms with Gasteiger partial charge in [0.2, 0.25) is 5.91 Å². The maximum atomic E-state index is 12.4. The van der Waals surface area contributed by atoms with Crippen LogP contribution in [-0.2, 0) is 24.2 Å². The van der Waals surface area contributed by atoms with Crippen LogP contribution in [0.4, 0.5) is 0 Å². The van der Waals surface area contributed by atoms with E-state index in [2.05, 4.69) is 49.5 Å². The largest absolute Gasteiger partial charge is 0.353 e. The van der Waals surface area contributed by atoms with E-state index in [9.17, 15) is 4.79 Å². The normalized spacial score (nSPS) is 13.9. The summed E-state index contributed by atoms with van der Waals surface area (Å²) in [4.78, 5) is 17.2. The quantitative estimate of drug-likeness (QED) is 0.802. The minimum atomic E-state index is 0.0915. The number of pyridine rings is 1. The molecule has 1 aromatic carbocycles. The highest BCUT2D eigenvalue weighted by Crippen LogP contribution is 2.29. The number of aromatic nitrogens is 1. The molecule has 1 amide bonds. The van der Waals surface area contributed by atoms with Crippen molar-refractivity contribution in [1.29, 1.82) is 0 Å². The van der Waals surface area contributed by atoms with Gasteiger partial charge in [0.25, 0.3) is 0 Å². The average Bonchev–Trinajstić information content (AvgIpc) is 3.40. The number of rotatable bonds is 7. The molecule has 0 atom stereocenters. The van der Waals surface area contributed by atoms with E-state index in [0.717, 1.165) is 52.9 Å². The van der Waals surface area contributed by atoms with Crippen LogP contribution < -0.4 is 11.1 Å². The molecule has 4 heteroatoms. The molecule has 0 saturated heterocycles. The number of hydrogen-bond donors (Lipinski definition) is 2. The van der Waals surface area contributed by atoms with Gasteiger partial charge >= 0.3 is 0 Å². The van der Waals surface area contributed by atoms with Gasteiger partial charge in [0.05, 0.1) is 6.42 Å². The molecule has 1 aliphatic carbocycles. The number of hydrogen-bond acceptors (Lipinski definition) is 3. The lowest BCUT2D eigenvalue weighted by atomic mass is 9.93. The van der Waals surface area contributed by atoms with Gasteiger partial charge < -0.3 is 11.1 Å². The van der Waals surface area contributed by atoms with E-state index in [-0.39, 0.29) is 5.91 Å². The molecule has 0 bridgehead atoms. The molecular weight excluding hydrogens is 322 g/mol. The van der Waals surface area contributed by atoms with Crippen LogP contribution in [0.1, 0.15) is 49.2 Å². The first-order valence-electron chi connectivity index (χ1n) is 9.54. The molecule has 0 aliphatic heterocycles. The summed E-state index contributed by atoms with van der Waals surface area (Å²) in [6, 6.07) is 10.8. The highest BCUT2D eigenvalue weighted by Gasteiger charge is 2.24. The zero-order chi connectivity index (χ0) is 18.7. The van der Waals surface area contributed by atoms with Crippen LogP contribution in [-0.4, -0.2) is 16.9 Å². The van der Waals surface area contributed by atoms with E-state index in [1.54, 1.807) is 0 Å². The van der Waals surface area contributed by atoms with Crippen molar-refractivity contribution in [3.63, 3.8) is 0 Å². The Kier molecular flexibility index (Phi) is 5.72. The molecule has 1 aliphatic rings. The minimum absolute atomic E-state index is 0.0915. The first-order chi connectivity index (χ1) is 12.5. The van der Waals surface area contributed by atoms with Crippen molar-refractivity contribution in [2.45, 2.75) is 59.0 Å². The van der Waals surface area contributed by atoms with Crippen LogP contribution in [0.2, 0.25) is 0 Å². The Morgan fingerprint density at radius 3 is 2.54 bits per heavy atom. The summed E-state index contributed by atoms with van der Waals surface area (Å²) >= 11 is 0. The number of nitrogens with two attached hydrogens (primary N) is 1. The van der Waals surface area contributed by atoms with Gasteiger partial charge in [-0.1, -0.05) is 38.1 Å². The van der Waals surface area contributed by atoms with Crippen LogP contribution >= 0.6 is 0 Å². The number of aryl methyl sites for hydroxylation is 1. The fourth-order valence-corrected chi connectivity index (χ4v) is 3.25. The molecular formula is C22H29N3O. The van der Waals surface area contributed by atoms with Gasteiger partial charge in [-0.2, -0.15) is 0 Å². The van der Waals surface area contributed by atoms with E-state index in [1.807, 2.05) is 6.92 Å². The van der Waals surface area contributed by atoms with Crippen LogP contribution in [0.25, 0.3) is 11.1 Å². The maximum absolute atomic E-state index is 12.4. The molecule has 1 fully saturated rings. The summed E-state index contributed by atoms with van der Waals surface area (Å²) < 4.78 is 0. The number of carbonyl (C=O) groups excluding carboxylic acids is 1. The van der Waals surface area contributed by atoms with E-state index >= 15 is 0 Å². The van der Waals surface area contributed by atoms with Gasteiger partial charge in [0.15, 0.2) is 0 Å². The van der Waals surface area contributed by atoms with Gasteiger partial charge in [-0.3, -0.25) is 9.78 Å². The Morgan fingerprint density at radius 2 is 1.96 bits per heavy atom. The van der Waals surface area contributed by atoms with Crippen molar-refractivity contribution in [2.24, 2.45) is 11.7 Å². The lowest BCUT2D eigenvalue weighted by Crippen LogP contribution is -2.27. The highest BCUT2D eigenvalue weighted by atomic mass is 16.1. The zero-order valence-corrected chi connectivity index (χ0v) is 16.0. The molecule has 1 heterocycles. The summed E-state index contributed by atoms with van der Waals surface area (Å²) in [5, 5.41) is 3.09. The van der Waals surface area contributed by atoms with E-state index < -0.39 is 0 Å². The van der Waals surface area contributed by atoms with Crippen molar-refractivity contribution < 1.29 is 4.79 Å². The summed E-state index contributed by atoms with van der Waals surface area (Å²) in [5.74, 6) is 0.632. The average molecular weight is 351 g/mol. The molecule has 0 spiro atoms. The Morgan fingerprint density at radius 1 is 1.27 bits per heavy atom. The predicted molar refractivity (Wildman–Crippen MR) is 106 cm³/mol. The molecule has 4 nitrogen and oxygen atoms in total. The van der Waals surface area contributed by atoms with Crippen molar-refractivity contribution in [3.8, 4) is 11.1 Å². The molecule has 138 valence electrons. The molecule has 0 unspecified atom stereocenters. The van der Waals surface area contributed by atoms with Crippen molar-refractivity contribution in [1.82, 2.24) is 10.3 Å². The van der Waals surface area contributed by atoms with Crippen molar-refractivity contribution >= 4 is 5.91 Å². The molecule has 0 radical (unpaired) electrons. The number of nitrogens with zero attached hydrogens (tertiary/aromatic N) is 1. The van der Waals surface area contributed by atoms with E-state index in [4.69, 9.17) is 10.7 Å². The highest BCUT2D eigenvalue weighted by molar-refractivity contribution is 5.83. The standard InChI is InChI=1S/C22H29N3O/c1-14(2)10-19-11-21(17-6-4-16(13-23)5-7-17)20(15(3)24-19)12-22(26)25-18-8-9-18/h4-7,11,14,18H,8-10,12-13,23H2,1-3H3,(H,25,26). The third kappa shape index (κ3) is 4.70. The number of amides is 1. The second-order valence-corrected chi connectivity index (χ2v) is 7.74. The van der Waals surface area contributed by atoms with Crippen molar-refractivity contribution in [2.75, 3.05) is 0 Å². The Balaban J connectivity index is 1.97. The monoisotopic (exact) mass is 351 g/mol. The van der Waals surface area contributed by atoms with E-state index in [0.29, 0.717) is 24.9 Å². The third-order valence-electron chi connectivity index (χ3n) is 4.78. The van der Waals surface area contributed by atoms with Gasteiger partial charge in [-0.25, -0.2) is 0 Å². The Bertz CT molecular complexity index is 777. The molecule has 3 N–H and O–H groups in total. The number of nitrogens with one attached hydrogen (secondary N) is 1. The molecule has 1 saturated carbocycles. The Labute approximate surface area is 156 Å². The van der Waals surface area contributed by atoms with Crippen LogP contribution in [0.5, 0.6) is 0 Å². The van der Waals surface area contributed by atoms with Gasteiger partial charge in [-0.15, -0.1) is 0 Å². The molecule has 1 aromatic heterocycles. The lowest BCUT2D eigenvalue weighted by molar-refractivity contribution is -0.120. The first-order valence-corrected chi connectivity index (χ1v) is 9.54.